The molecule has 0 bridgehead atoms. The molecule has 0 saturated carbocycles. The molecule has 0 aliphatic heterocycles. The molecule has 0 aromatic heterocycles. The van der Waals surface area contributed by atoms with Crippen LogP contribution in [0.15, 0.2) is 46.9 Å². The molecule has 0 fully saturated rings. The van der Waals surface area contributed by atoms with Crippen molar-refractivity contribution in [3.63, 3.8) is 0 Å². The zero-order valence-corrected chi connectivity index (χ0v) is 12.4. The lowest BCUT2D eigenvalue weighted by Crippen LogP contribution is -2.14. The molecule has 19 heavy (non-hydrogen) atoms. The topological polar surface area (TPSA) is 41.1 Å². The van der Waals surface area contributed by atoms with Crippen molar-refractivity contribution in [1.82, 2.24) is 0 Å². The summed E-state index contributed by atoms with van der Waals surface area (Å²) in [6.07, 6.45) is 0. The first kappa shape index (κ1) is 13.6. The van der Waals surface area contributed by atoms with Crippen molar-refractivity contribution >= 4 is 33.2 Å². The highest BCUT2D eigenvalue weighted by atomic mass is 79.9. The smallest absolute Gasteiger partial charge is 0.257 e. The molecule has 2 N–H and O–H groups in total. The lowest BCUT2D eigenvalue weighted by Gasteiger charge is -2.11. The Morgan fingerprint density at radius 3 is 2.53 bits per heavy atom. The molecular formula is C15H15BrN2O. The van der Waals surface area contributed by atoms with E-state index < -0.39 is 0 Å². The Morgan fingerprint density at radius 1 is 1.11 bits per heavy atom. The molecule has 4 heteroatoms. The molecule has 2 aromatic rings. The SMILES string of the molecule is CNc1ccccc1C(=O)Nc1ccc(C)cc1Br. The molecule has 0 unspecified atom stereocenters. The molecule has 0 saturated heterocycles. The fourth-order valence-corrected chi connectivity index (χ4v) is 2.40. The number of halogens is 1. The number of aryl methyl sites for hydroxylation is 1. The lowest BCUT2D eigenvalue weighted by atomic mass is 10.1. The summed E-state index contributed by atoms with van der Waals surface area (Å²) in [4.78, 5) is 12.3. The van der Waals surface area contributed by atoms with Crippen LogP contribution in [0.5, 0.6) is 0 Å². The summed E-state index contributed by atoms with van der Waals surface area (Å²) < 4.78 is 0.878. The first-order chi connectivity index (χ1) is 9.11. The van der Waals surface area contributed by atoms with Crippen LogP contribution in [-0.4, -0.2) is 13.0 Å². The minimum Gasteiger partial charge on any atom is -0.387 e. The number of anilines is 2. The fraction of sp³-hybridized carbons (Fsp3) is 0.133. The number of carbonyl (C=O) groups excluding carboxylic acids is 1. The second kappa shape index (κ2) is 5.89. The van der Waals surface area contributed by atoms with Crippen LogP contribution in [0.2, 0.25) is 0 Å². The van der Waals surface area contributed by atoms with Gasteiger partial charge in [0.1, 0.15) is 0 Å². The number of benzene rings is 2. The third-order valence-electron chi connectivity index (χ3n) is 2.81. The number of hydrogen-bond acceptors (Lipinski definition) is 2. The first-order valence-electron chi connectivity index (χ1n) is 5.96. The highest BCUT2D eigenvalue weighted by Crippen LogP contribution is 2.25. The van der Waals surface area contributed by atoms with Gasteiger partial charge in [-0.15, -0.1) is 0 Å². The Morgan fingerprint density at radius 2 is 1.84 bits per heavy atom. The summed E-state index contributed by atoms with van der Waals surface area (Å²) in [5, 5.41) is 5.92. The maximum absolute atomic E-state index is 12.3. The Bertz CT molecular complexity index is 611. The van der Waals surface area contributed by atoms with E-state index >= 15 is 0 Å². The average molecular weight is 319 g/mol. The van der Waals surface area contributed by atoms with Crippen molar-refractivity contribution in [1.29, 1.82) is 0 Å². The maximum atomic E-state index is 12.3. The highest BCUT2D eigenvalue weighted by Gasteiger charge is 2.11. The van der Waals surface area contributed by atoms with Crippen LogP contribution < -0.4 is 10.6 Å². The Labute approximate surface area is 121 Å². The minimum atomic E-state index is -0.130. The molecule has 3 nitrogen and oxygen atoms in total. The van der Waals surface area contributed by atoms with Crippen LogP contribution in [0.25, 0.3) is 0 Å². The number of hydrogen-bond donors (Lipinski definition) is 2. The summed E-state index contributed by atoms with van der Waals surface area (Å²) in [6, 6.07) is 13.2. The summed E-state index contributed by atoms with van der Waals surface area (Å²) in [5.41, 5.74) is 3.34. The maximum Gasteiger partial charge on any atom is 0.257 e. The molecule has 0 spiro atoms. The Kier molecular flexibility index (Phi) is 4.22. The van der Waals surface area contributed by atoms with E-state index in [1.807, 2.05) is 43.3 Å². The van der Waals surface area contributed by atoms with Gasteiger partial charge in [-0.2, -0.15) is 0 Å². The van der Waals surface area contributed by atoms with Crippen molar-refractivity contribution in [2.45, 2.75) is 6.92 Å². The van der Waals surface area contributed by atoms with Gasteiger partial charge < -0.3 is 10.6 Å². The van der Waals surface area contributed by atoms with Gasteiger partial charge in [-0.05, 0) is 52.7 Å². The molecule has 0 radical (unpaired) electrons. The average Bonchev–Trinajstić information content (AvgIpc) is 2.41. The van der Waals surface area contributed by atoms with E-state index in [4.69, 9.17) is 0 Å². The molecular weight excluding hydrogens is 304 g/mol. The molecule has 0 atom stereocenters. The lowest BCUT2D eigenvalue weighted by molar-refractivity contribution is 0.102. The normalized spacial score (nSPS) is 10.1. The number of para-hydroxylation sites is 1. The minimum absolute atomic E-state index is 0.130. The zero-order valence-electron chi connectivity index (χ0n) is 10.8. The van der Waals surface area contributed by atoms with Crippen molar-refractivity contribution in [2.75, 3.05) is 17.7 Å². The van der Waals surface area contributed by atoms with Crippen molar-refractivity contribution < 1.29 is 4.79 Å². The van der Waals surface area contributed by atoms with E-state index in [0.717, 1.165) is 21.4 Å². The van der Waals surface area contributed by atoms with Crippen LogP contribution in [0.4, 0.5) is 11.4 Å². The van der Waals surface area contributed by atoms with Gasteiger partial charge in [-0.25, -0.2) is 0 Å². The number of carbonyl (C=O) groups is 1. The van der Waals surface area contributed by atoms with Gasteiger partial charge in [0.05, 0.1) is 11.3 Å². The molecule has 0 aliphatic carbocycles. The summed E-state index contributed by atoms with van der Waals surface area (Å²) >= 11 is 3.45. The largest absolute Gasteiger partial charge is 0.387 e. The van der Waals surface area contributed by atoms with E-state index in [-0.39, 0.29) is 5.91 Å². The van der Waals surface area contributed by atoms with Crippen LogP contribution in [0.1, 0.15) is 15.9 Å². The van der Waals surface area contributed by atoms with E-state index in [0.29, 0.717) is 5.56 Å². The monoisotopic (exact) mass is 318 g/mol. The van der Waals surface area contributed by atoms with Crippen LogP contribution >= 0.6 is 15.9 Å². The van der Waals surface area contributed by atoms with Crippen LogP contribution in [0.3, 0.4) is 0 Å². The number of rotatable bonds is 3. The van der Waals surface area contributed by atoms with Gasteiger partial charge in [0.2, 0.25) is 0 Å². The third kappa shape index (κ3) is 3.15. The quantitative estimate of drug-likeness (QED) is 0.896. The molecule has 98 valence electrons. The van der Waals surface area contributed by atoms with Gasteiger partial charge in [0.25, 0.3) is 5.91 Å². The molecule has 1 amide bonds. The predicted octanol–water partition coefficient (Wildman–Crippen LogP) is 4.05. The summed E-state index contributed by atoms with van der Waals surface area (Å²) in [7, 11) is 1.80. The van der Waals surface area contributed by atoms with Crippen molar-refractivity contribution in [3.8, 4) is 0 Å². The van der Waals surface area contributed by atoms with E-state index in [9.17, 15) is 4.79 Å². The third-order valence-corrected chi connectivity index (χ3v) is 3.47. The Hall–Kier alpha value is -1.81. The van der Waals surface area contributed by atoms with E-state index in [2.05, 4.69) is 26.6 Å². The first-order valence-corrected chi connectivity index (χ1v) is 6.75. The van der Waals surface area contributed by atoms with Crippen LogP contribution in [-0.2, 0) is 0 Å². The van der Waals surface area contributed by atoms with Gasteiger partial charge in [-0.1, -0.05) is 18.2 Å². The zero-order chi connectivity index (χ0) is 13.8. The fourth-order valence-electron chi connectivity index (χ4n) is 1.81. The van der Waals surface area contributed by atoms with E-state index in [1.54, 1.807) is 13.1 Å². The van der Waals surface area contributed by atoms with E-state index in [1.165, 1.54) is 0 Å². The highest BCUT2D eigenvalue weighted by molar-refractivity contribution is 9.10. The van der Waals surface area contributed by atoms with Gasteiger partial charge in [-0.3, -0.25) is 4.79 Å². The Balaban J connectivity index is 2.26. The number of nitrogens with one attached hydrogen (secondary N) is 2. The second-order valence-electron chi connectivity index (χ2n) is 4.23. The summed E-state index contributed by atoms with van der Waals surface area (Å²) in [5.74, 6) is -0.130. The van der Waals surface area contributed by atoms with Gasteiger partial charge in [0.15, 0.2) is 0 Å². The molecule has 0 aliphatic rings. The summed E-state index contributed by atoms with van der Waals surface area (Å²) in [6.45, 7) is 2.01. The molecule has 0 heterocycles. The molecule has 2 rings (SSSR count). The van der Waals surface area contributed by atoms with Crippen molar-refractivity contribution in [3.05, 3.63) is 58.1 Å². The second-order valence-corrected chi connectivity index (χ2v) is 5.09. The van der Waals surface area contributed by atoms with Crippen molar-refractivity contribution in [2.24, 2.45) is 0 Å². The predicted molar refractivity (Wildman–Crippen MR) is 82.8 cm³/mol. The standard InChI is InChI=1S/C15H15BrN2O/c1-10-7-8-14(12(16)9-10)18-15(19)11-5-3-4-6-13(11)17-2/h3-9,17H,1-2H3,(H,18,19). The van der Waals surface area contributed by atoms with Gasteiger partial charge >= 0.3 is 0 Å². The van der Waals surface area contributed by atoms with Gasteiger partial charge in [0, 0.05) is 17.2 Å². The number of amides is 1. The van der Waals surface area contributed by atoms with Crippen LogP contribution in [0, 0.1) is 6.92 Å². The molecule has 2 aromatic carbocycles.